The Morgan fingerprint density at radius 2 is 1.89 bits per heavy atom. The molecule has 0 spiro atoms. The number of hydrogen-bond donors (Lipinski definition) is 2. The molecule has 0 heterocycles. The standard InChI is InChI=1S/C15H14ClNO2/c16-12-3-1-2-10(8-12)9-14(15(18)19)11-4-6-13(17)7-5-11/h1-8,14H,9,17H2,(H,18,19). The topological polar surface area (TPSA) is 63.3 Å². The number of anilines is 1. The Labute approximate surface area is 116 Å². The molecule has 2 aromatic rings. The Bertz CT molecular complexity index is 581. The van der Waals surface area contributed by atoms with Gasteiger partial charge in [-0.3, -0.25) is 4.79 Å². The van der Waals surface area contributed by atoms with Gasteiger partial charge in [0.1, 0.15) is 0 Å². The molecule has 2 aromatic carbocycles. The summed E-state index contributed by atoms with van der Waals surface area (Å²) in [4.78, 5) is 11.4. The Hall–Kier alpha value is -2.00. The fourth-order valence-electron chi connectivity index (χ4n) is 1.98. The van der Waals surface area contributed by atoms with Crippen LogP contribution in [-0.2, 0) is 11.2 Å². The first-order chi connectivity index (χ1) is 9.06. The summed E-state index contributed by atoms with van der Waals surface area (Å²) in [6.45, 7) is 0. The van der Waals surface area contributed by atoms with Crippen LogP contribution in [-0.4, -0.2) is 11.1 Å². The number of hydrogen-bond acceptors (Lipinski definition) is 2. The smallest absolute Gasteiger partial charge is 0.311 e. The van der Waals surface area contributed by atoms with E-state index < -0.39 is 11.9 Å². The predicted molar refractivity (Wildman–Crippen MR) is 76.4 cm³/mol. The van der Waals surface area contributed by atoms with Gasteiger partial charge in [-0.05, 0) is 41.8 Å². The minimum Gasteiger partial charge on any atom is -0.481 e. The molecule has 0 aliphatic heterocycles. The number of nitrogens with two attached hydrogens (primary N) is 1. The Balaban J connectivity index is 2.26. The second-order valence-corrected chi connectivity index (χ2v) is 4.83. The molecule has 0 aromatic heterocycles. The number of carbonyl (C=O) groups is 1. The van der Waals surface area contributed by atoms with Crippen LogP contribution in [0.25, 0.3) is 0 Å². The monoisotopic (exact) mass is 275 g/mol. The molecule has 19 heavy (non-hydrogen) atoms. The molecule has 0 aliphatic rings. The Kier molecular flexibility index (Phi) is 4.07. The molecule has 98 valence electrons. The van der Waals surface area contributed by atoms with E-state index in [1.54, 1.807) is 36.4 Å². The number of rotatable bonds is 4. The van der Waals surface area contributed by atoms with Crippen molar-refractivity contribution in [2.45, 2.75) is 12.3 Å². The van der Waals surface area contributed by atoms with Gasteiger partial charge in [-0.25, -0.2) is 0 Å². The van der Waals surface area contributed by atoms with Crippen LogP contribution in [0.4, 0.5) is 5.69 Å². The number of nitrogen functional groups attached to an aromatic ring is 1. The quantitative estimate of drug-likeness (QED) is 0.841. The lowest BCUT2D eigenvalue weighted by Crippen LogP contribution is -2.14. The van der Waals surface area contributed by atoms with E-state index in [4.69, 9.17) is 17.3 Å². The summed E-state index contributed by atoms with van der Waals surface area (Å²) in [5, 5.41) is 9.97. The van der Waals surface area contributed by atoms with Crippen LogP contribution in [0.2, 0.25) is 5.02 Å². The van der Waals surface area contributed by atoms with Crippen LogP contribution in [0.3, 0.4) is 0 Å². The highest BCUT2D eigenvalue weighted by molar-refractivity contribution is 6.30. The van der Waals surface area contributed by atoms with Crippen molar-refractivity contribution in [1.29, 1.82) is 0 Å². The van der Waals surface area contributed by atoms with Crippen molar-refractivity contribution in [2.75, 3.05) is 5.73 Å². The van der Waals surface area contributed by atoms with Crippen LogP contribution >= 0.6 is 11.6 Å². The maximum atomic E-state index is 11.4. The van der Waals surface area contributed by atoms with E-state index in [0.29, 0.717) is 17.1 Å². The Morgan fingerprint density at radius 1 is 1.21 bits per heavy atom. The molecule has 3 nitrogen and oxygen atoms in total. The summed E-state index contributed by atoms with van der Waals surface area (Å²) in [6, 6.07) is 14.2. The normalized spacial score (nSPS) is 12.1. The number of halogens is 1. The first-order valence-electron chi connectivity index (χ1n) is 5.89. The second kappa shape index (κ2) is 5.76. The molecule has 4 heteroatoms. The molecular weight excluding hydrogens is 262 g/mol. The van der Waals surface area contributed by atoms with Gasteiger partial charge in [-0.15, -0.1) is 0 Å². The zero-order valence-corrected chi connectivity index (χ0v) is 11.0. The number of aliphatic carboxylic acids is 1. The van der Waals surface area contributed by atoms with E-state index in [-0.39, 0.29) is 0 Å². The lowest BCUT2D eigenvalue weighted by atomic mass is 9.92. The van der Waals surface area contributed by atoms with Gasteiger partial charge in [-0.2, -0.15) is 0 Å². The highest BCUT2D eigenvalue weighted by Crippen LogP contribution is 2.23. The number of carboxylic acids is 1. The molecule has 0 amide bonds. The van der Waals surface area contributed by atoms with Crippen molar-refractivity contribution in [2.24, 2.45) is 0 Å². The fraction of sp³-hybridized carbons (Fsp3) is 0.133. The van der Waals surface area contributed by atoms with Gasteiger partial charge in [0.15, 0.2) is 0 Å². The SMILES string of the molecule is Nc1ccc(C(Cc2cccc(Cl)c2)C(=O)O)cc1. The van der Waals surface area contributed by atoms with Gasteiger partial charge in [0, 0.05) is 10.7 Å². The lowest BCUT2D eigenvalue weighted by molar-refractivity contribution is -0.138. The second-order valence-electron chi connectivity index (χ2n) is 4.39. The highest BCUT2D eigenvalue weighted by atomic mass is 35.5. The van der Waals surface area contributed by atoms with Gasteiger partial charge < -0.3 is 10.8 Å². The molecule has 0 saturated carbocycles. The molecule has 0 bridgehead atoms. The van der Waals surface area contributed by atoms with Crippen molar-refractivity contribution in [3.05, 3.63) is 64.7 Å². The third-order valence-corrected chi connectivity index (χ3v) is 3.20. The third kappa shape index (κ3) is 3.48. The fourth-order valence-corrected chi connectivity index (χ4v) is 2.19. The minimum atomic E-state index is -0.857. The van der Waals surface area contributed by atoms with Crippen LogP contribution < -0.4 is 5.73 Å². The van der Waals surface area contributed by atoms with E-state index in [2.05, 4.69) is 0 Å². The molecule has 3 N–H and O–H groups in total. The number of benzene rings is 2. The lowest BCUT2D eigenvalue weighted by Gasteiger charge is -2.13. The first-order valence-corrected chi connectivity index (χ1v) is 6.27. The molecule has 1 atom stereocenters. The predicted octanol–water partition coefficient (Wildman–Crippen LogP) is 3.33. The van der Waals surface area contributed by atoms with Crippen LogP contribution in [0.5, 0.6) is 0 Å². The van der Waals surface area contributed by atoms with Crippen molar-refractivity contribution in [1.82, 2.24) is 0 Å². The molecule has 0 fully saturated rings. The van der Waals surface area contributed by atoms with E-state index >= 15 is 0 Å². The van der Waals surface area contributed by atoms with Gasteiger partial charge in [0.2, 0.25) is 0 Å². The largest absolute Gasteiger partial charge is 0.481 e. The van der Waals surface area contributed by atoms with E-state index in [9.17, 15) is 9.90 Å². The van der Waals surface area contributed by atoms with E-state index in [1.807, 2.05) is 12.1 Å². The third-order valence-electron chi connectivity index (χ3n) is 2.97. The minimum absolute atomic E-state index is 0.403. The maximum Gasteiger partial charge on any atom is 0.311 e. The highest BCUT2D eigenvalue weighted by Gasteiger charge is 2.20. The van der Waals surface area contributed by atoms with Crippen LogP contribution in [0.15, 0.2) is 48.5 Å². The van der Waals surface area contributed by atoms with Gasteiger partial charge in [0.25, 0.3) is 0 Å². The maximum absolute atomic E-state index is 11.4. The van der Waals surface area contributed by atoms with Gasteiger partial charge in [0.05, 0.1) is 5.92 Å². The van der Waals surface area contributed by atoms with Crippen molar-refractivity contribution in [3.63, 3.8) is 0 Å². The van der Waals surface area contributed by atoms with Crippen LogP contribution in [0, 0.1) is 0 Å². The van der Waals surface area contributed by atoms with Crippen LogP contribution in [0.1, 0.15) is 17.0 Å². The van der Waals surface area contributed by atoms with Gasteiger partial charge in [-0.1, -0.05) is 35.9 Å². The molecular formula is C15H14ClNO2. The van der Waals surface area contributed by atoms with Crippen molar-refractivity contribution < 1.29 is 9.90 Å². The van der Waals surface area contributed by atoms with E-state index in [0.717, 1.165) is 11.1 Å². The van der Waals surface area contributed by atoms with Crippen molar-refractivity contribution >= 4 is 23.3 Å². The average Bonchev–Trinajstić information content (AvgIpc) is 2.37. The molecule has 0 radical (unpaired) electrons. The summed E-state index contributed by atoms with van der Waals surface area (Å²) in [6.07, 6.45) is 0.403. The van der Waals surface area contributed by atoms with Crippen molar-refractivity contribution in [3.8, 4) is 0 Å². The number of carboxylic acid groups (broad SMARTS) is 1. The summed E-state index contributed by atoms with van der Waals surface area (Å²) < 4.78 is 0. The summed E-state index contributed by atoms with van der Waals surface area (Å²) >= 11 is 5.91. The zero-order chi connectivity index (χ0) is 13.8. The van der Waals surface area contributed by atoms with Gasteiger partial charge >= 0.3 is 5.97 Å². The summed E-state index contributed by atoms with van der Waals surface area (Å²) in [5.74, 6) is -1.45. The summed E-state index contributed by atoms with van der Waals surface area (Å²) in [7, 11) is 0. The first kappa shape index (κ1) is 13.4. The molecule has 0 saturated heterocycles. The zero-order valence-electron chi connectivity index (χ0n) is 10.2. The molecule has 1 unspecified atom stereocenters. The summed E-state index contributed by atoms with van der Waals surface area (Å²) in [5.41, 5.74) is 7.87. The molecule has 2 rings (SSSR count). The Morgan fingerprint density at radius 3 is 2.47 bits per heavy atom. The van der Waals surface area contributed by atoms with E-state index in [1.165, 1.54) is 0 Å². The molecule has 0 aliphatic carbocycles. The average molecular weight is 276 g/mol.